The molecule has 1 aliphatic rings. The van der Waals surface area contributed by atoms with Crippen molar-refractivity contribution in [2.45, 2.75) is 73.3 Å². The molecule has 1 aliphatic carbocycles. The second-order valence-electron chi connectivity index (χ2n) is 17.6. The van der Waals surface area contributed by atoms with E-state index in [-0.39, 0.29) is 71.4 Å². The third kappa shape index (κ3) is 14.0. The van der Waals surface area contributed by atoms with Crippen molar-refractivity contribution < 1.29 is 42.5 Å². The fourth-order valence-electron chi connectivity index (χ4n) is 7.11. The van der Waals surface area contributed by atoms with E-state index in [1.807, 2.05) is 71.9 Å². The summed E-state index contributed by atoms with van der Waals surface area (Å²) in [6.07, 6.45) is 4.21. The second-order valence-corrected chi connectivity index (χ2v) is 17.6. The monoisotopic (exact) mass is 889 g/mol. The Balaban J connectivity index is 1.08. The largest absolute Gasteiger partial charge is 0.491 e. The molecule has 1 heterocycles. The first-order chi connectivity index (χ1) is 31.2. The van der Waals surface area contributed by atoms with Crippen LogP contribution < -0.4 is 35.5 Å². The minimum Gasteiger partial charge on any atom is -0.491 e. The molecule has 0 radical (unpaired) electrons. The molecule has 0 aliphatic heterocycles. The molecule has 0 spiro atoms. The highest BCUT2D eigenvalue weighted by atomic mass is 19.1. The molecule has 0 atom stereocenters. The van der Waals surface area contributed by atoms with E-state index in [2.05, 4.69) is 26.3 Å². The number of benzene rings is 4. The Labute approximate surface area is 380 Å². The Morgan fingerprint density at radius 3 is 1.77 bits per heavy atom. The topological polar surface area (TPSA) is 166 Å². The van der Waals surface area contributed by atoms with Crippen molar-refractivity contribution in [2.75, 3.05) is 49.0 Å². The number of hydrogen-bond donors (Lipinski definition) is 4. The maximum absolute atomic E-state index is 14.6. The maximum atomic E-state index is 14.6. The van der Waals surface area contributed by atoms with E-state index in [0.717, 1.165) is 10.9 Å². The molecule has 13 nitrogen and oxygen atoms in total. The quantitative estimate of drug-likeness (QED) is 0.0557. The maximum Gasteiger partial charge on any atom is 0.255 e. The lowest BCUT2D eigenvalue weighted by molar-refractivity contribution is -0.120. The van der Waals surface area contributed by atoms with Crippen LogP contribution in [0.3, 0.4) is 0 Å². The van der Waals surface area contributed by atoms with E-state index in [1.165, 1.54) is 18.2 Å². The van der Waals surface area contributed by atoms with E-state index in [1.54, 1.807) is 42.6 Å². The molecular weight excluding hydrogens is 830 g/mol. The Morgan fingerprint density at radius 1 is 0.615 bits per heavy atom. The van der Waals surface area contributed by atoms with Gasteiger partial charge in [-0.25, -0.2) is 4.39 Å². The summed E-state index contributed by atoms with van der Waals surface area (Å²) in [5, 5.41) is 12.8. The van der Waals surface area contributed by atoms with Crippen molar-refractivity contribution in [2.24, 2.45) is 23.7 Å². The average molecular weight is 890 g/mol. The van der Waals surface area contributed by atoms with Crippen LogP contribution in [-0.2, 0) is 9.53 Å². The number of fused-ring (bicyclic) bond motifs is 1. The summed E-state index contributed by atoms with van der Waals surface area (Å²) >= 11 is 0. The van der Waals surface area contributed by atoms with Crippen molar-refractivity contribution in [1.29, 1.82) is 0 Å². The Bertz CT molecular complexity index is 2450. The molecule has 4 amide bonds. The molecule has 344 valence electrons. The van der Waals surface area contributed by atoms with Gasteiger partial charge in [0, 0.05) is 40.6 Å². The number of rotatable bonds is 20. The zero-order valence-electron chi connectivity index (χ0n) is 38.0. The number of anilines is 3. The number of carbonyl (C=O) groups is 4. The van der Waals surface area contributed by atoms with Crippen LogP contribution >= 0.6 is 0 Å². The molecule has 1 fully saturated rings. The standard InChI is InChI=1S/C51H60FN5O8/c1-31(2)28-62-21-22-63-45-24-36(13-18-41(45)52)50(60)56-44-20-15-38(26-47(44)65-30-33(5)6)51(61)57-43-19-14-37(25-46(43)64-29-32(3)4)49(59)54-39-16-11-34(12-17-39)48(58)55-40-23-35-9-7-8-10-42(35)53-27-40/h7-10,13-15,18-20,23-27,31-34,39H,11-12,16-17,21-22,28-30H2,1-6H3,(H,54,59)(H,55,58)(H,56,60)(H,57,61)/t34-,39-. The molecular formula is C51H60FN5O8. The molecule has 65 heavy (non-hydrogen) atoms. The predicted molar refractivity (Wildman–Crippen MR) is 251 cm³/mol. The zero-order valence-corrected chi connectivity index (χ0v) is 38.0. The van der Waals surface area contributed by atoms with Crippen LogP contribution in [0.1, 0.15) is 98.3 Å². The van der Waals surface area contributed by atoms with Crippen LogP contribution in [0.5, 0.6) is 17.2 Å². The van der Waals surface area contributed by atoms with Crippen LogP contribution in [0.25, 0.3) is 10.9 Å². The van der Waals surface area contributed by atoms with E-state index in [9.17, 15) is 23.6 Å². The van der Waals surface area contributed by atoms with Gasteiger partial charge in [0.2, 0.25) is 5.91 Å². The highest BCUT2D eigenvalue weighted by molar-refractivity contribution is 6.08. The van der Waals surface area contributed by atoms with Crippen molar-refractivity contribution in [3.8, 4) is 17.2 Å². The van der Waals surface area contributed by atoms with Gasteiger partial charge in [-0.2, -0.15) is 0 Å². The van der Waals surface area contributed by atoms with Gasteiger partial charge in [0.05, 0.1) is 48.6 Å². The number of nitrogens with zero attached hydrogens (tertiary/aromatic N) is 1. The minimum atomic E-state index is -0.606. The fourth-order valence-corrected chi connectivity index (χ4v) is 7.11. The zero-order chi connectivity index (χ0) is 46.5. The molecule has 0 saturated heterocycles. The summed E-state index contributed by atoms with van der Waals surface area (Å²) in [6, 6.07) is 23.0. The summed E-state index contributed by atoms with van der Waals surface area (Å²) in [6.45, 7) is 13.6. The number of aromatic nitrogens is 1. The summed E-state index contributed by atoms with van der Waals surface area (Å²) in [5.41, 5.74) is 2.97. The molecule has 0 unspecified atom stereocenters. The average Bonchev–Trinajstić information content (AvgIpc) is 3.28. The van der Waals surface area contributed by atoms with E-state index >= 15 is 0 Å². The number of nitrogens with one attached hydrogen (secondary N) is 4. The number of pyridine rings is 1. The first-order valence-corrected chi connectivity index (χ1v) is 22.3. The van der Waals surface area contributed by atoms with Gasteiger partial charge in [-0.05, 0) is 110 Å². The highest BCUT2D eigenvalue weighted by Crippen LogP contribution is 2.32. The van der Waals surface area contributed by atoms with Crippen molar-refractivity contribution in [3.63, 3.8) is 0 Å². The number of hydrogen-bond acceptors (Lipinski definition) is 9. The molecule has 4 aromatic carbocycles. The van der Waals surface area contributed by atoms with Gasteiger partial charge in [0.1, 0.15) is 18.1 Å². The fraction of sp³-hybridized carbons (Fsp3) is 0.392. The van der Waals surface area contributed by atoms with Gasteiger partial charge in [-0.3, -0.25) is 24.2 Å². The van der Waals surface area contributed by atoms with Crippen molar-refractivity contribution in [1.82, 2.24) is 10.3 Å². The lowest BCUT2D eigenvalue weighted by Gasteiger charge is -2.28. The molecule has 14 heteroatoms. The minimum absolute atomic E-state index is 0.0557. The number of carbonyl (C=O) groups excluding carboxylic acids is 4. The van der Waals surface area contributed by atoms with Gasteiger partial charge >= 0.3 is 0 Å². The predicted octanol–water partition coefficient (Wildman–Crippen LogP) is 9.93. The summed E-state index contributed by atoms with van der Waals surface area (Å²) in [7, 11) is 0. The number of para-hydroxylation sites is 1. The Kier molecular flexibility index (Phi) is 16.9. The molecule has 4 N–H and O–H groups in total. The van der Waals surface area contributed by atoms with Gasteiger partial charge in [0.25, 0.3) is 17.7 Å². The first kappa shape index (κ1) is 47.9. The van der Waals surface area contributed by atoms with Crippen LogP contribution in [0.2, 0.25) is 0 Å². The molecule has 6 rings (SSSR count). The Hall–Kier alpha value is -6.54. The van der Waals surface area contributed by atoms with E-state index in [0.29, 0.717) is 79.8 Å². The Morgan fingerprint density at radius 2 is 1.17 bits per heavy atom. The SMILES string of the molecule is CC(C)COCCOc1cc(C(=O)Nc2ccc(C(=O)Nc3ccc(C(=O)N[C@H]4CC[C@H](C(=O)Nc5cnc6ccccc6c5)CC4)cc3OCC(C)C)cc2OCC(C)C)ccc1F. The third-order valence-electron chi connectivity index (χ3n) is 10.5. The normalized spacial score (nSPS) is 14.9. The molecule has 1 saturated carbocycles. The lowest BCUT2D eigenvalue weighted by Crippen LogP contribution is -2.39. The first-order valence-electron chi connectivity index (χ1n) is 22.3. The summed E-state index contributed by atoms with van der Waals surface area (Å²) < 4.78 is 37.9. The highest BCUT2D eigenvalue weighted by Gasteiger charge is 2.28. The van der Waals surface area contributed by atoms with Gasteiger partial charge in [-0.1, -0.05) is 59.7 Å². The summed E-state index contributed by atoms with van der Waals surface area (Å²) in [4.78, 5) is 58.4. The van der Waals surface area contributed by atoms with Gasteiger partial charge < -0.3 is 40.2 Å². The van der Waals surface area contributed by atoms with Crippen LogP contribution in [-0.4, -0.2) is 67.7 Å². The van der Waals surface area contributed by atoms with Crippen molar-refractivity contribution in [3.05, 3.63) is 114 Å². The smallest absolute Gasteiger partial charge is 0.255 e. The number of halogens is 1. The van der Waals surface area contributed by atoms with Crippen LogP contribution in [0.4, 0.5) is 21.5 Å². The van der Waals surface area contributed by atoms with Crippen LogP contribution in [0.15, 0.2) is 91.1 Å². The van der Waals surface area contributed by atoms with Gasteiger partial charge in [0.15, 0.2) is 11.6 Å². The lowest BCUT2D eigenvalue weighted by atomic mass is 9.85. The molecule has 5 aromatic rings. The molecule has 1 aromatic heterocycles. The van der Waals surface area contributed by atoms with Crippen molar-refractivity contribution >= 4 is 51.6 Å². The number of ether oxygens (including phenoxy) is 4. The molecule has 0 bridgehead atoms. The summed E-state index contributed by atoms with van der Waals surface area (Å²) in [5.74, 6) is -0.958. The van der Waals surface area contributed by atoms with Crippen LogP contribution in [0, 0.1) is 29.5 Å². The number of amides is 4. The second kappa shape index (κ2) is 22.9. The van der Waals surface area contributed by atoms with Gasteiger partial charge in [-0.15, -0.1) is 0 Å². The van der Waals surface area contributed by atoms with E-state index < -0.39 is 17.6 Å². The third-order valence-corrected chi connectivity index (χ3v) is 10.5. The van der Waals surface area contributed by atoms with E-state index in [4.69, 9.17) is 18.9 Å².